The topological polar surface area (TPSA) is 63.8 Å². The number of hydrogen-bond donors (Lipinski definition) is 2. The van der Waals surface area contributed by atoms with Gasteiger partial charge in [-0.3, -0.25) is 4.98 Å². The molecule has 0 amide bonds. The average Bonchev–Trinajstić information content (AvgIpc) is 3.05. The first-order valence-corrected chi connectivity index (χ1v) is 8.12. The maximum absolute atomic E-state index is 6.36. The van der Waals surface area contributed by atoms with E-state index in [1.54, 1.807) is 6.20 Å². The smallest absolute Gasteiger partial charge is 0.149 e. The first-order chi connectivity index (χ1) is 10.6. The highest BCUT2D eigenvalue weighted by atomic mass is 35.5. The van der Waals surface area contributed by atoms with Gasteiger partial charge < -0.3 is 11.1 Å². The summed E-state index contributed by atoms with van der Waals surface area (Å²) >= 11 is 6.36. The van der Waals surface area contributed by atoms with Crippen LogP contribution in [0.5, 0.6) is 0 Å². The molecule has 1 atom stereocenters. The van der Waals surface area contributed by atoms with E-state index in [0.29, 0.717) is 16.8 Å². The summed E-state index contributed by atoms with van der Waals surface area (Å²) in [6.07, 6.45) is 8.56. The number of pyridine rings is 2. The number of aromatic nitrogens is 2. The van der Waals surface area contributed by atoms with E-state index in [4.69, 9.17) is 17.3 Å². The van der Waals surface area contributed by atoms with Crippen LogP contribution in [-0.4, -0.2) is 9.97 Å². The van der Waals surface area contributed by atoms with E-state index >= 15 is 0 Å². The van der Waals surface area contributed by atoms with Crippen molar-refractivity contribution in [2.75, 3.05) is 5.32 Å². The second-order valence-electron chi connectivity index (χ2n) is 5.98. The highest BCUT2D eigenvalue weighted by Crippen LogP contribution is 2.35. The van der Waals surface area contributed by atoms with Gasteiger partial charge in [0.25, 0.3) is 0 Å². The zero-order valence-electron chi connectivity index (χ0n) is 12.7. The van der Waals surface area contributed by atoms with Crippen molar-refractivity contribution in [2.24, 2.45) is 11.7 Å². The Hall–Kier alpha value is -1.65. The lowest BCUT2D eigenvalue weighted by Crippen LogP contribution is -2.19. The minimum Gasteiger partial charge on any atom is -0.338 e. The van der Waals surface area contributed by atoms with Gasteiger partial charge in [0.15, 0.2) is 0 Å². The van der Waals surface area contributed by atoms with Gasteiger partial charge in [-0.2, -0.15) is 0 Å². The zero-order valence-corrected chi connectivity index (χ0v) is 13.5. The third kappa shape index (κ3) is 3.39. The standard InChI is InChI=1S/C17H21ClN4/c1-11-6-7-14(10-20-11)22-17-15(18)8-13(9-21-17)16(19)12-4-2-3-5-12/h6-10,12,16H,2-5,19H2,1H3,(H,21,22)/t16-/m1/s1. The van der Waals surface area contributed by atoms with E-state index in [1.807, 2.05) is 31.3 Å². The summed E-state index contributed by atoms with van der Waals surface area (Å²) in [5.74, 6) is 1.19. The molecule has 1 aliphatic carbocycles. The molecule has 1 aliphatic rings. The Labute approximate surface area is 136 Å². The molecule has 1 fully saturated rings. The quantitative estimate of drug-likeness (QED) is 0.879. The van der Waals surface area contributed by atoms with Gasteiger partial charge in [-0.25, -0.2) is 4.98 Å². The van der Waals surface area contributed by atoms with Gasteiger partial charge in [0.05, 0.1) is 16.9 Å². The van der Waals surface area contributed by atoms with E-state index in [1.165, 1.54) is 25.7 Å². The largest absolute Gasteiger partial charge is 0.338 e. The summed E-state index contributed by atoms with van der Waals surface area (Å²) in [7, 11) is 0. The predicted octanol–water partition coefficient (Wildman–Crippen LogP) is 4.37. The maximum Gasteiger partial charge on any atom is 0.149 e. The molecular weight excluding hydrogens is 296 g/mol. The van der Waals surface area contributed by atoms with Crippen LogP contribution in [0, 0.1) is 12.8 Å². The molecule has 2 heterocycles. The van der Waals surface area contributed by atoms with Gasteiger partial charge in [-0.1, -0.05) is 24.4 Å². The van der Waals surface area contributed by atoms with E-state index < -0.39 is 0 Å². The van der Waals surface area contributed by atoms with Gasteiger partial charge >= 0.3 is 0 Å². The van der Waals surface area contributed by atoms with E-state index in [0.717, 1.165) is 16.9 Å². The minimum absolute atomic E-state index is 0.0302. The average molecular weight is 317 g/mol. The molecule has 3 N–H and O–H groups in total. The lowest BCUT2D eigenvalue weighted by atomic mass is 9.93. The SMILES string of the molecule is Cc1ccc(Nc2ncc([C@H](N)C3CCCC3)cc2Cl)cn1. The van der Waals surface area contributed by atoms with Crippen LogP contribution in [0.15, 0.2) is 30.6 Å². The van der Waals surface area contributed by atoms with E-state index in [-0.39, 0.29) is 6.04 Å². The van der Waals surface area contributed by atoms with Crippen LogP contribution in [0.4, 0.5) is 11.5 Å². The molecule has 4 nitrogen and oxygen atoms in total. The van der Waals surface area contributed by atoms with E-state index in [9.17, 15) is 0 Å². The fourth-order valence-corrected chi connectivity index (χ4v) is 3.22. The summed E-state index contributed by atoms with van der Waals surface area (Å²) < 4.78 is 0. The number of halogens is 1. The number of nitrogens with two attached hydrogens (primary N) is 1. The molecule has 0 radical (unpaired) electrons. The predicted molar refractivity (Wildman–Crippen MR) is 90.4 cm³/mol. The number of nitrogens with zero attached hydrogens (tertiary/aromatic N) is 2. The lowest BCUT2D eigenvalue weighted by molar-refractivity contribution is 0.444. The number of anilines is 2. The molecule has 0 bridgehead atoms. The van der Waals surface area contributed by atoms with Crippen molar-refractivity contribution in [3.8, 4) is 0 Å². The Morgan fingerprint density at radius 1 is 1.23 bits per heavy atom. The highest BCUT2D eigenvalue weighted by molar-refractivity contribution is 6.33. The third-order valence-corrected chi connectivity index (χ3v) is 4.62. The van der Waals surface area contributed by atoms with Gasteiger partial charge in [0.2, 0.25) is 0 Å². The molecule has 0 aliphatic heterocycles. The fraction of sp³-hybridized carbons (Fsp3) is 0.412. The van der Waals surface area contributed by atoms with Gasteiger partial charge in [-0.05, 0) is 49.4 Å². The van der Waals surface area contributed by atoms with Crippen LogP contribution in [-0.2, 0) is 0 Å². The first kappa shape index (κ1) is 15.3. The third-order valence-electron chi connectivity index (χ3n) is 4.33. The number of rotatable bonds is 4. The zero-order chi connectivity index (χ0) is 15.5. The van der Waals surface area contributed by atoms with Crippen molar-refractivity contribution < 1.29 is 0 Å². The van der Waals surface area contributed by atoms with Crippen molar-refractivity contribution in [3.63, 3.8) is 0 Å². The molecule has 22 heavy (non-hydrogen) atoms. The highest BCUT2D eigenvalue weighted by Gasteiger charge is 2.24. The molecule has 5 heteroatoms. The molecule has 0 aromatic carbocycles. The number of nitrogens with one attached hydrogen (secondary N) is 1. The summed E-state index contributed by atoms with van der Waals surface area (Å²) in [5.41, 5.74) is 9.22. The fourth-order valence-electron chi connectivity index (χ4n) is 2.99. The summed E-state index contributed by atoms with van der Waals surface area (Å²) in [6, 6.07) is 5.86. The van der Waals surface area contributed by atoms with Crippen LogP contribution in [0.3, 0.4) is 0 Å². The van der Waals surface area contributed by atoms with Crippen LogP contribution in [0.1, 0.15) is 43.0 Å². The molecule has 3 rings (SSSR count). The molecule has 0 spiro atoms. The summed E-state index contributed by atoms with van der Waals surface area (Å²) in [5, 5.41) is 3.78. The molecule has 2 aromatic rings. The Balaban J connectivity index is 1.75. The van der Waals surface area contributed by atoms with Gasteiger partial charge in [0, 0.05) is 17.9 Å². The van der Waals surface area contributed by atoms with Crippen molar-refractivity contribution in [1.82, 2.24) is 9.97 Å². The van der Waals surface area contributed by atoms with Crippen LogP contribution in [0.25, 0.3) is 0 Å². The van der Waals surface area contributed by atoms with Crippen LogP contribution < -0.4 is 11.1 Å². The van der Waals surface area contributed by atoms with Crippen molar-refractivity contribution >= 4 is 23.1 Å². The molecule has 0 saturated heterocycles. The maximum atomic E-state index is 6.36. The van der Waals surface area contributed by atoms with Crippen molar-refractivity contribution in [2.45, 2.75) is 38.6 Å². The Bertz CT molecular complexity index is 636. The molecule has 116 valence electrons. The molecule has 1 saturated carbocycles. The van der Waals surface area contributed by atoms with Crippen molar-refractivity contribution in [1.29, 1.82) is 0 Å². The number of hydrogen-bond acceptors (Lipinski definition) is 4. The molecular formula is C17H21ClN4. The van der Waals surface area contributed by atoms with Crippen molar-refractivity contribution in [3.05, 3.63) is 46.9 Å². The first-order valence-electron chi connectivity index (χ1n) is 7.74. The second kappa shape index (κ2) is 6.63. The van der Waals surface area contributed by atoms with Crippen LogP contribution in [0.2, 0.25) is 5.02 Å². The Kier molecular flexibility index (Phi) is 4.60. The minimum atomic E-state index is 0.0302. The normalized spacial score (nSPS) is 16.7. The Morgan fingerprint density at radius 2 is 2.00 bits per heavy atom. The Morgan fingerprint density at radius 3 is 2.64 bits per heavy atom. The lowest BCUT2D eigenvalue weighted by Gasteiger charge is -2.19. The van der Waals surface area contributed by atoms with E-state index in [2.05, 4.69) is 15.3 Å². The summed E-state index contributed by atoms with van der Waals surface area (Å²) in [6.45, 7) is 1.95. The van der Waals surface area contributed by atoms with Crippen LogP contribution >= 0.6 is 11.6 Å². The molecule has 0 unspecified atom stereocenters. The van der Waals surface area contributed by atoms with Gasteiger partial charge in [-0.15, -0.1) is 0 Å². The summed E-state index contributed by atoms with van der Waals surface area (Å²) in [4.78, 5) is 8.69. The monoisotopic (exact) mass is 316 g/mol. The second-order valence-corrected chi connectivity index (χ2v) is 6.39. The van der Waals surface area contributed by atoms with Gasteiger partial charge in [0.1, 0.15) is 5.82 Å². The number of aryl methyl sites for hydroxylation is 1. The molecule has 2 aromatic heterocycles.